The topological polar surface area (TPSA) is 33.5 Å². The Bertz CT molecular complexity index is 3370. The van der Waals surface area contributed by atoms with Gasteiger partial charge >= 0.3 is 0 Å². The number of para-hydroxylation sites is 1. The molecular formula is C65H68N4O. The summed E-state index contributed by atoms with van der Waals surface area (Å²) in [6.45, 7) is 28.3. The molecule has 0 unspecified atom stereocenters. The number of fused-ring (bicyclic) bond motifs is 4. The molecule has 0 aliphatic carbocycles. The lowest BCUT2D eigenvalue weighted by Gasteiger charge is -2.31. The van der Waals surface area contributed by atoms with Crippen molar-refractivity contribution in [2.24, 2.45) is 0 Å². The predicted molar refractivity (Wildman–Crippen MR) is 297 cm³/mol. The third-order valence-corrected chi connectivity index (χ3v) is 14.7. The Kier molecular flexibility index (Phi) is 11.8. The standard InChI is InChI=1S/C65H68N4O/c1-42(2)53-25-19-26-54(43(3)4)62(53)44-28-31-58-60(34-44)67(41-68(58)50-36-47(64(8,9)10)35-48(37-50)65(11,12)45-20-14-13-15-21-45)49-22-18-23-51(39-49)70-52-29-30-56-55-24-16-17-27-57(55)69(59(56)40-52)61-38-46(32-33-66-61)63(5,6)7/h13-40,42-43H,41H2,1-12H3. The van der Waals surface area contributed by atoms with Crippen molar-refractivity contribution in [1.82, 2.24) is 9.55 Å². The fourth-order valence-electron chi connectivity index (χ4n) is 10.4. The van der Waals surface area contributed by atoms with Crippen LogP contribution < -0.4 is 14.5 Å². The van der Waals surface area contributed by atoms with Crippen molar-refractivity contribution in [1.29, 1.82) is 0 Å². The minimum atomic E-state index is -0.215. The smallest absolute Gasteiger partial charge is 0.137 e. The summed E-state index contributed by atoms with van der Waals surface area (Å²) in [6.07, 6.45) is 1.93. The van der Waals surface area contributed by atoms with Crippen LogP contribution in [-0.2, 0) is 16.2 Å². The Labute approximate surface area is 416 Å². The van der Waals surface area contributed by atoms with Crippen LogP contribution in [0.2, 0.25) is 0 Å². The molecule has 0 amide bonds. The van der Waals surface area contributed by atoms with E-state index in [1.165, 1.54) is 67.0 Å². The van der Waals surface area contributed by atoms with E-state index in [4.69, 9.17) is 9.72 Å². The first-order chi connectivity index (χ1) is 33.4. The van der Waals surface area contributed by atoms with Crippen LogP contribution in [-0.4, -0.2) is 16.2 Å². The third-order valence-electron chi connectivity index (χ3n) is 14.7. The van der Waals surface area contributed by atoms with E-state index < -0.39 is 0 Å². The zero-order valence-electron chi connectivity index (χ0n) is 43.2. The Balaban J connectivity index is 1.09. The Morgan fingerprint density at radius 2 is 1.11 bits per heavy atom. The molecule has 3 heterocycles. The number of pyridine rings is 1. The third kappa shape index (κ3) is 8.54. The van der Waals surface area contributed by atoms with Crippen molar-refractivity contribution >= 4 is 44.6 Å². The summed E-state index contributed by atoms with van der Waals surface area (Å²) < 4.78 is 9.18. The highest BCUT2D eigenvalue weighted by molar-refractivity contribution is 6.09. The van der Waals surface area contributed by atoms with Crippen LogP contribution in [0, 0.1) is 0 Å². The molecule has 9 aromatic rings. The molecule has 10 rings (SSSR count). The Morgan fingerprint density at radius 1 is 0.471 bits per heavy atom. The van der Waals surface area contributed by atoms with Crippen LogP contribution in [0.4, 0.5) is 22.7 Å². The highest BCUT2D eigenvalue weighted by Gasteiger charge is 2.33. The maximum Gasteiger partial charge on any atom is 0.137 e. The first kappa shape index (κ1) is 46.6. The van der Waals surface area contributed by atoms with Crippen molar-refractivity contribution in [3.05, 3.63) is 203 Å². The van der Waals surface area contributed by atoms with Crippen molar-refractivity contribution in [3.8, 4) is 28.4 Å². The number of ether oxygens (including phenoxy) is 1. The van der Waals surface area contributed by atoms with Crippen LogP contribution >= 0.6 is 0 Å². The van der Waals surface area contributed by atoms with Gasteiger partial charge in [0.2, 0.25) is 0 Å². The van der Waals surface area contributed by atoms with E-state index in [1.807, 2.05) is 6.20 Å². The second-order valence-electron chi connectivity index (χ2n) is 22.6. The van der Waals surface area contributed by atoms with Gasteiger partial charge in [0.05, 0.1) is 22.4 Å². The maximum absolute atomic E-state index is 6.90. The van der Waals surface area contributed by atoms with Gasteiger partial charge in [-0.05, 0) is 134 Å². The predicted octanol–water partition coefficient (Wildman–Crippen LogP) is 18.1. The molecule has 1 aliphatic rings. The van der Waals surface area contributed by atoms with Crippen LogP contribution in [0.5, 0.6) is 11.5 Å². The van der Waals surface area contributed by atoms with E-state index in [1.54, 1.807) is 0 Å². The molecule has 0 saturated carbocycles. The van der Waals surface area contributed by atoms with E-state index in [9.17, 15) is 0 Å². The molecule has 7 aromatic carbocycles. The minimum absolute atomic E-state index is 0.0154. The number of nitrogens with zero attached hydrogens (tertiary/aromatic N) is 4. The zero-order valence-corrected chi connectivity index (χ0v) is 43.2. The lowest BCUT2D eigenvalue weighted by atomic mass is 9.75. The average molecular weight is 921 g/mol. The summed E-state index contributed by atoms with van der Waals surface area (Å²) in [5, 5.41) is 2.35. The van der Waals surface area contributed by atoms with Crippen molar-refractivity contribution < 1.29 is 4.74 Å². The van der Waals surface area contributed by atoms with Gasteiger partial charge in [0.1, 0.15) is 24.0 Å². The number of anilines is 4. The molecular weight excluding hydrogens is 853 g/mol. The first-order valence-corrected chi connectivity index (χ1v) is 25.2. The van der Waals surface area contributed by atoms with E-state index in [0.717, 1.165) is 39.4 Å². The number of hydrogen-bond acceptors (Lipinski definition) is 4. The van der Waals surface area contributed by atoms with Crippen molar-refractivity contribution in [3.63, 3.8) is 0 Å². The molecule has 354 valence electrons. The molecule has 5 nitrogen and oxygen atoms in total. The van der Waals surface area contributed by atoms with E-state index in [-0.39, 0.29) is 16.2 Å². The average Bonchev–Trinajstić information content (AvgIpc) is 3.89. The largest absolute Gasteiger partial charge is 0.457 e. The summed E-state index contributed by atoms with van der Waals surface area (Å²) in [6, 6.07) is 60.2. The van der Waals surface area contributed by atoms with E-state index in [2.05, 4.69) is 261 Å². The Hall–Kier alpha value is -7.11. The summed E-state index contributed by atoms with van der Waals surface area (Å²) in [5.41, 5.74) is 17.0. The minimum Gasteiger partial charge on any atom is -0.457 e. The van der Waals surface area contributed by atoms with E-state index in [0.29, 0.717) is 18.5 Å². The number of aromatic nitrogens is 2. The van der Waals surface area contributed by atoms with Crippen LogP contribution in [0.3, 0.4) is 0 Å². The normalized spacial score (nSPS) is 13.3. The van der Waals surface area contributed by atoms with E-state index >= 15 is 0 Å². The SMILES string of the molecule is CC(C)c1cccc(C(C)C)c1-c1ccc2c(c1)N(c1cccc(Oc3ccc4c5ccccc5n(-c5cc(C(C)(C)C)ccn5)c4c3)c1)CN2c1cc(C(C)(C)C)cc(C(C)(C)c2ccccc2)c1. The molecule has 0 N–H and O–H groups in total. The molecule has 1 aliphatic heterocycles. The molecule has 0 radical (unpaired) electrons. The molecule has 0 saturated heterocycles. The van der Waals surface area contributed by atoms with Gasteiger partial charge in [-0.3, -0.25) is 4.57 Å². The number of benzene rings is 7. The summed E-state index contributed by atoms with van der Waals surface area (Å²) in [5.74, 6) is 3.19. The van der Waals surface area contributed by atoms with Crippen molar-refractivity contribution in [2.45, 2.75) is 111 Å². The number of rotatable bonds is 10. The van der Waals surface area contributed by atoms with Gasteiger partial charge in [0.25, 0.3) is 0 Å². The van der Waals surface area contributed by atoms with Gasteiger partial charge < -0.3 is 14.5 Å². The van der Waals surface area contributed by atoms with Gasteiger partial charge in [-0.2, -0.15) is 0 Å². The summed E-state index contributed by atoms with van der Waals surface area (Å²) in [4.78, 5) is 9.91. The van der Waals surface area contributed by atoms with Crippen molar-refractivity contribution in [2.75, 3.05) is 16.5 Å². The zero-order chi connectivity index (χ0) is 49.3. The second-order valence-corrected chi connectivity index (χ2v) is 22.6. The lowest BCUT2D eigenvalue weighted by molar-refractivity contribution is 0.483. The molecule has 0 spiro atoms. The van der Waals surface area contributed by atoms with Crippen LogP contribution in [0.1, 0.15) is 128 Å². The Morgan fingerprint density at radius 3 is 1.83 bits per heavy atom. The van der Waals surface area contributed by atoms with Gasteiger partial charge in [-0.25, -0.2) is 4.98 Å². The van der Waals surface area contributed by atoms with Gasteiger partial charge in [-0.15, -0.1) is 0 Å². The summed E-state index contributed by atoms with van der Waals surface area (Å²) in [7, 11) is 0. The van der Waals surface area contributed by atoms with Crippen LogP contribution in [0.15, 0.2) is 170 Å². The quantitative estimate of drug-likeness (QED) is 0.137. The fraction of sp³-hybridized carbons (Fsp3) is 0.277. The highest BCUT2D eigenvalue weighted by atomic mass is 16.5. The first-order valence-electron chi connectivity index (χ1n) is 25.2. The molecule has 70 heavy (non-hydrogen) atoms. The lowest BCUT2D eigenvalue weighted by Crippen LogP contribution is -2.26. The molecule has 0 bridgehead atoms. The maximum atomic E-state index is 6.90. The van der Waals surface area contributed by atoms with Gasteiger partial charge in [0.15, 0.2) is 0 Å². The van der Waals surface area contributed by atoms with Crippen LogP contribution in [0.25, 0.3) is 38.8 Å². The number of hydrogen-bond donors (Lipinski definition) is 0. The molecule has 0 fully saturated rings. The van der Waals surface area contributed by atoms with Gasteiger partial charge in [-0.1, -0.05) is 168 Å². The monoisotopic (exact) mass is 921 g/mol. The summed E-state index contributed by atoms with van der Waals surface area (Å²) >= 11 is 0. The van der Waals surface area contributed by atoms with Gasteiger partial charge in [0, 0.05) is 45.9 Å². The highest BCUT2D eigenvalue weighted by Crippen LogP contribution is 2.50. The fourth-order valence-corrected chi connectivity index (χ4v) is 10.4. The molecule has 0 atom stereocenters. The second kappa shape index (κ2) is 17.7. The molecule has 2 aromatic heterocycles. The molecule has 5 heteroatoms.